The van der Waals surface area contributed by atoms with Crippen molar-refractivity contribution in [3.63, 3.8) is 0 Å². The van der Waals surface area contributed by atoms with Crippen molar-refractivity contribution in [1.29, 1.82) is 0 Å². The van der Waals surface area contributed by atoms with Gasteiger partial charge >= 0.3 is 0 Å². The van der Waals surface area contributed by atoms with E-state index in [1.807, 2.05) is 44.6 Å². The molecule has 4 rings (SSSR count). The molecular weight excluding hydrogens is 440 g/mol. The first kappa shape index (κ1) is 22.9. The minimum Gasteiger partial charge on any atom is -0.497 e. The Morgan fingerprint density at radius 1 is 1.21 bits per heavy atom. The van der Waals surface area contributed by atoms with Gasteiger partial charge in [-0.1, -0.05) is 18.2 Å². The van der Waals surface area contributed by atoms with Crippen molar-refractivity contribution in [2.75, 3.05) is 40.7 Å². The molecule has 174 valence electrons. The maximum atomic E-state index is 13.2. The van der Waals surface area contributed by atoms with Gasteiger partial charge in [-0.25, -0.2) is 4.98 Å². The predicted molar refractivity (Wildman–Crippen MR) is 129 cm³/mol. The van der Waals surface area contributed by atoms with E-state index in [1.165, 1.54) is 5.69 Å². The highest BCUT2D eigenvalue weighted by Crippen LogP contribution is 2.33. The van der Waals surface area contributed by atoms with Crippen LogP contribution >= 0.6 is 11.3 Å². The zero-order valence-corrected chi connectivity index (χ0v) is 20.2. The highest BCUT2D eigenvalue weighted by Gasteiger charge is 2.29. The molecule has 1 aliphatic rings. The number of aromatic nitrogens is 2. The fourth-order valence-electron chi connectivity index (χ4n) is 3.90. The van der Waals surface area contributed by atoms with E-state index in [0.29, 0.717) is 29.4 Å². The lowest BCUT2D eigenvalue weighted by molar-refractivity contribution is -0.118. The number of imidazole rings is 1. The molecule has 0 fully saturated rings. The van der Waals surface area contributed by atoms with E-state index in [-0.39, 0.29) is 5.91 Å². The summed E-state index contributed by atoms with van der Waals surface area (Å²) in [5, 5.41) is 5.19. The maximum Gasteiger partial charge on any atom is 0.231 e. The molecule has 8 nitrogen and oxygen atoms in total. The minimum atomic E-state index is -0.459. The molecule has 0 bridgehead atoms. The summed E-state index contributed by atoms with van der Waals surface area (Å²) in [6.45, 7) is 0.822. The molecular formula is C24H28N4O4S. The number of amides is 1. The number of ether oxygens (including phenoxy) is 3. The summed E-state index contributed by atoms with van der Waals surface area (Å²) in [6.07, 6.45) is 4.17. The third-order valence-electron chi connectivity index (χ3n) is 5.46. The Morgan fingerprint density at radius 2 is 2.00 bits per heavy atom. The van der Waals surface area contributed by atoms with Gasteiger partial charge in [0, 0.05) is 35.8 Å². The average molecular weight is 469 g/mol. The number of methoxy groups -OCH3 is 3. The van der Waals surface area contributed by atoms with Crippen LogP contribution in [0.3, 0.4) is 0 Å². The fraction of sp³-hybridized carbons (Fsp3) is 0.333. The van der Waals surface area contributed by atoms with E-state index in [4.69, 9.17) is 19.2 Å². The Hall–Kier alpha value is -3.30. The molecule has 33 heavy (non-hydrogen) atoms. The summed E-state index contributed by atoms with van der Waals surface area (Å²) in [5.74, 6) is 0.955. The second kappa shape index (κ2) is 9.68. The first-order valence-electron chi connectivity index (χ1n) is 10.5. The number of rotatable bonds is 8. The molecule has 1 N–H and O–H groups in total. The van der Waals surface area contributed by atoms with Crippen molar-refractivity contribution in [1.82, 2.24) is 14.3 Å². The first-order valence-corrected chi connectivity index (χ1v) is 11.4. The molecule has 0 saturated carbocycles. The van der Waals surface area contributed by atoms with Gasteiger partial charge in [-0.3, -0.25) is 9.20 Å². The first-order chi connectivity index (χ1) is 15.9. The molecule has 3 aromatic rings. The number of anilines is 1. The van der Waals surface area contributed by atoms with Gasteiger partial charge in [-0.05, 0) is 26.2 Å². The lowest BCUT2D eigenvalue weighted by atomic mass is 9.96. The molecule has 0 radical (unpaired) electrons. The van der Waals surface area contributed by atoms with Crippen molar-refractivity contribution in [3.8, 4) is 11.3 Å². The Kier molecular flexibility index (Phi) is 6.71. The summed E-state index contributed by atoms with van der Waals surface area (Å²) in [4.78, 5) is 21.1. The number of para-hydroxylation sites is 1. The SMILES string of the molecule is COC1=CC(C(=O)Nc2ccccc2-c2cn3c(CN(C)C)csc3n2)CC(OC)=C1OC. The van der Waals surface area contributed by atoms with Gasteiger partial charge in [0.2, 0.25) is 5.91 Å². The smallest absolute Gasteiger partial charge is 0.231 e. The Morgan fingerprint density at radius 3 is 2.70 bits per heavy atom. The highest BCUT2D eigenvalue weighted by atomic mass is 32.1. The fourth-order valence-corrected chi connectivity index (χ4v) is 4.77. The number of fused-ring (bicyclic) bond motifs is 1. The number of hydrogen-bond donors (Lipinski definition) is 1. The van der Waals surface area contributed by atoms with E-state index < -0.39 is 5.92 Å². The van der Waals surface area contributed by atoms with E-state index in [0.717, 1.165) is 22.8 Å². The van der Waals surface area contributed by atoms with Gasteiger partial charge in [-0.2, -0.15) is 0 Å². The van der Waals surface area contributed by atoms with Crippen LogP contribution in [0.1, 0.15) is 12.1 Å². The second-order valence-electron chi connectivity index (χ2n) is 7.98. The van der Waals surface area contributed by atoms with Gasteiger partial charge in [0.25, 0.3) is 0 Å². The lowest BCUT2D eigenvalue weighted by Crippen LogP contribution is -2.26. The largest absolute Gasteiger partial charge is 0.497 e. The van der Waals surface area contributed by atoms with Crippen LogP contribution in [-0.2, 0) is 25.5 Å². The Bertz CT molecular complexity index is 1220. The van der Waals surface area contributed by atoms with Crippen molar-refractivity contribution >= 4 is 27.9 Å². The molecule has 0 saturated heterocycles. The number of thiazole rings is 1. The number of allylic oxidation sites excluding steroid dienone is 1. The Balaban J connectivity index is 1.61. The lowest BCUT2D eigenvalue weighted by Gasteiger charge is -2.24. The summed E-state index contributed by atoms with van der Waals surface area (Å²) >= 11 is 1.61. The van der Waals surface area contributed by atoms with Crippen molar-refractivity contribution in [2.24, 2.45) is 5.92 Å². The molecule has 1 aromatic carbocycles. The van der Waals surface area contributed by atoms with Gasteiger partial charge in [0.15, 0.2) is 16.5 Å². The van der Waals surface area contributed by atoms with Crippen molar-refractivity contribution in [3.05, 3.63) is 64.9 Å². The molecule has 1 amide bonds. The van der Waals surface area contributed by atoms with Crippen LogP contribution in [0.5, 0.6) is 0 Å². The predicted octanol–water partition coefficient (Wildman–Crippen LogP) is 4.12. The van der Waals surface area contributed by atoms with Crippen LogP contribution in [-0.4, -0.2) is 55.6 Å². The highest BCUT2D eigenvalue weighted by molar-refractivity contribution is 7.15. The van der Waals surface area contributed by atoms with E-state index >= 15 is 0 Å². The summed E-state index contributed by atoms with van der Waals surface area (Å²) < 4.78 is 18.4. The number of carbonyl (C=O) groups excluding carboxylic acids is 1. The maximum absolute atomic E-state index is 13.2. The quantitative estimate of drug-likeness (QED) is 0.536. The molecule has 0 aliphatic heterocycles. The van der Waals surface area contributed by atoms with Crippen molar-refractivity contribution < 1.29 is 19.0 Å². The number of carbonyl (C=O) groups is 1. The zero-order chi connectivity index (χ0) is 23.5. The van der Waals surface area contributed by atoms with Crippen LogP contribution in [0.15, 0.2) is 59.2 Å². The summed E-state index contributed by atoms with van der Waals surface area (Å²) in [5.41, 5.74) is 3.56. The molecule has 1 atom stereocenters. The minimum absolute atomic E-state index is 0.156. The number of nitrogens with one attached hydrogen (secondary N) is 1. The third kappa shape index (κ3) is 4.60. The second-order valence-corrected chi connectivity index (χ2v) is 8.82. The summed E-state index contributed by atoms with van der Waals surface area (Å²) in [7, 11) is 8.74. The third-order valence-corrected chi connectivity index (χ3v) is 6.35. The van der Waals surface area contributed by atoms with Gasteiger partial charge in [0.05, 0.1) is 38.6 Å². The topological polar surface area (TPSA) is 77.3 Å². The van der Waals surface area contributed by atoms with Crippen LogP contribution < -0.4 is 5.32 Å². The molecule has 1 unspecified atom stereocenters. The van der Waals surface area contributed by atoms with Gasteiger partial charge < -0.3 is 24.4 Å². The number of hydrogen-bond acceptors (Lipinski definition) is 7. The monoisotopic (exact) mass is 468 g/mol. The number of benzene rings is 1. The molecule has 2 aromatic heterocycles. The van der Waals surface area contributed by atoms with Crippen LogP contribution in [0.4, 0.5) is 5.69 Å². The van der Waals surface area contributed by atoms with Crippen LogP contribution in [0, 0.1) is 5.92 Å². The van der Waals surface area contributed by atoms with E-state index in [9.17, 15) is 4.79 Å². The van der Waals surface area contributed by atoms with Crippen LogP contribution in [0.2, 0.25) is 0 Å². The van der Waals surface area contributed by atoms with Gasteiger partial charge in [0.1, 0.15) is 5.76 Å². The van der Waals surface area contributed by atoms with Crippen molar-refractivity contribution in [2.45, 2.75) is 13.0 Å². The average Bonchev–Trinajstić information content (AvgIpc) is 3.39. The molecule has 0 spiro atoms. The molecule has 2 heterocycles. The van der Waals surface area contributed by atoms with E-state index in [2.05, 4.69) is 20.0 Å². The molecule has 1 aliphatic carbocycles. The Labute approximate surface area is 197 Å². The normalized spacial score (nSPS) is 16.2. The standard InChI is InChI=1S/C24H28N4O4S/c1-27(2)12-16-14-33-24-26-19(13-28(16)24)17-8-6-7-9-18(17)25-23(29)15-10-20(30-3)22(32-5)21(11-15)31-4/h6-10,13-15H,11-12H2,1-5H3,(H,25,29). The van der Waals surface area contributed by atoms with E-state index in [1.54, 1.807) is 38.7 Å². The van der Waals surface area contributed by atoms with Crippen LogP contribution in [0.25, 0.3) is 16.2 Å². The number of nitrogens with zero attached hydrogens (tertiary/aromatic N) is 3. The molecule has 9 heteroatoms. The summed E-state index contributed by atoms with van der Waals surface area (Å²) in [6, 6.07) is 7.70. The zero-order valence-electron chi connectivity index (χ0n) is 19.4. The van der Waals surface area contributed by atoms with Gasteiger partial charge in [-0.15, -0.1) is 11.3 Å².